The first-order valence-electron chi connectivity index (χ1n) is 6.53. The van der Waals surface area contributed by atoms with Crippen LogP contribution in [0.1, 0.15) is 37.3 Å². The van der Waals surface area contributed by atoms with Crippen LogP contribution in [0.5, 0.6) is 0 Å². The van der Waals surface area contributed by atoms with Crippen LogP contribution in [0, 0.1) is 11.3 Å². The molecule has 1 aromatic heterocycles. The number of nitrogens with zero attached hydrogens (tertiary/aromatic N) is 5. The largest absolute Gasteiger partial charge is 0.399 e. The minimum absolute atomic E-state index is 0.381. The molecule has 0 spiro atoms. The highest BCUT2D eigenvalue weighted by atomic mass is 32.2. The number of tetrazole rings is 1. The molecule has 20 heavy (non-hydrogen) atoms. The number of hydrogen-bond acceptors (Lipinski definition) is 6. The summed E-state index contributed by atoms with van der Waals surface area (Å²) in [4.78, 5) is 0.829. The van der Waals surface area contributed by atoms with Crippen LogP contribution in [0.25, 0.3) is 0 Å². The minimum atomic E-state index is 0.381. The zero-order valence-corrected chi connectivity index (χ0v) is 11.7. The van der Waals surface area contributed by atoms with E-state index in [1.54, 1.807) is 12.1 Å². The van der Waals surface area contributed by atoms with Crippen LogP contribution in [-0.4, -0.2) is 20.2 Å². The number of rotatable bonds is 3. The van der Waals surface area contributed by atoms with Crippen LogP contribution < -0.4 is 5.73 Å². The molecule has 0 atom stereocenters. The first-order valence-corrected chi connectivity index (χ1v) is 7.35. The normalized spacial score (nSPS) is 15.3. The summed E-state index contributed by atoms with van der Waals surface area (Å²) in [5.74, 6) is 0. The number of hydrogen-bond donors (Lipinski definition) is 1. The van der Waals surface area contributed by atoms with Crippen LogP contribution in [0.4, 0.5) is 5.69 Å². The zero-order chi connectivity index (χ0) is 13.9. The average Bonchev–Trinajstić information content (AvgIpc) is 3.11. The van der Waals surface area contributed by atoms with Crippen molar-refractivity contribution >= 4 is 17.4 Å². The molecule has 0 unspecified atom stereocenters. The van der Waals surface area contributed by atoms with Gasteiger partial charge >= 0.3 is 0 Å². The molecule has 0 bridgehead atoms. The molecule has 2 N–H and O–H groups in total. The first kappa shape index (κ1) is 12.9. The van der Waals surface area contributed by atoms with Crippen LogP contribution in [-0.2, 0) is 0 Å². The number of benzene rings is 1. The first-order chi connectivity index (χ1) is 9.78. The topological polar surface area (TPSA) is 93.4 Å². The highest BCUT2D eigenvalue weighted by Gasteiger charge is 2.22. The Hall–Kier alpha value is -2.07. The number of nitriles is 1. The molecule has 0 radical (unpaired) electrons. The van der Waals surface area contributed by atoms with Crippen molar-refractivity contribution in [3.05, 3.63) is 23.8 Å². The molecule has 0 saturated heterocycles. The van der Waals surface area contributed by atoms with E-state index in [2.05, 4.69) is 21.6 Å². The molecule has 102 valence electrons. The lowest BCUT2D eigenvalue weighted by Crippen LogP contribution is -2.08. The van der Waals surface area contributed by atoms with Gasteiger partial charge in [-0.15, -0.1) is 5.10 Å². The van der Waals surface area contributed by atoms with Crippen molar-refractivity contribution in [2.24, 2.45) is 0 Å². The zero-order valence-electron chi connectivity index (χ0n) is 10.9. The van der Waals surface area contributed by atoms with Crippen molar-refractivity contribution in [2.75, 3.05) is 5.73 Å². The molecule has 1 aromatic carbocycles. The monoisotopic (exact) mass is 286 g/mol. The van der Waals surface area contributed by atoms with Crippen molar-refractivity contribution in [3.63, 3.8) is 0 Å². The van der Waals surface area contributed by atoms with E-state index >= 15 is 0 Å². The lowest BCUT2D eigenvalue weighted by atomic mass is 10.2. The third kappa shape index (κ3) is 2.47. The second-order valence-electron chi connectivity index (χ2n) is 4.81. The van der Waals surface area contributed by atoms with Gasteiger partial charge in [-0.2, -0.15) is 5.26 Å². The highest BCUT2D eigenvalue weighted by Crippen LogP contribution is 2.35. The van der Waals surface area contributed by atoms with E-state index in [9.17, 15) is 5.26 Å². The summed E-state index contributed by atoms with van der Waals surface area (Å²) >= 11 is 1.42. The molecule has 3 rings (SSSR count). The molecular formula is C13H14N6S. The van der Waals surface area contributed by atoms with E-state index in [4.69, 9.17) is 5.73 Å². The summed E-state index contributed by atoms with van der Waals surface area (Å²) in [7, 11) is 0. The van der Waals surface area contributed by atoms with Crippen molar-refractivity contribution in [3.8, 4) is 6.07 Å². The van der Waals surface area contributed by atoms with Crippen molar-refractivity contribution in [2.45, 2.75) is 41.8 Å². The Morgan fingerprint density at radius 3 is 2.90 bits per heavy atom. The molecule has 1 fully saturated rings. The second kappa shape index (κ2) is 5.51. The fraction of sp³-hybridized carbons (Fsp3) is 0.385. The van der Waals surface area contributed by atoms with Gasteiger partial charge in [-0.05, 0) is 53.2 Å². The fourth-order valence-corrected chi connectivity index (χ4v) is 3.36. The summed E-state index contributed by atoms with van der Waals surface area (Å²) in [5, 5.41) is 21.9. The minimum Gasteiger partial charge on any atom is -0.399 e. The fourth-order valence-electron chi connectivity index (χ4n) is 2.45. The van der Waals surface area contributed by atoms with Crippen LogP contribution in [0.15, 0.2) is 28.3 Å². The lowest BCUT2D eigenvalue weighted by Gasteiger charge is -2.11. The molecule has 0 amide bonds. The third-order valence-electron chi connectivity index (χ3n) is 3.46. The molecule has 1 heterocycles. The van der Waals surface area contributed by atoms with Gasteiger partial charge in [0.05, 0.1) is 11.6 Å². The quantitative estimate of drug-likeness (QED) is 0.871. The van der Waals surface area contributed by atoms with Crippen molar-refractivity contribution < 1.29 is 0 Å². The molecule has 1 aliphatic rings. The van der Waals surface area contributed by atoms with Gasteiger partial charge in [0.1, 0.15) is 6.07 Å². The van der Waals surface area contributed by atoms with E-state index in [-0.39, 0.29) is 0 Å². The maximum atomic E-state index is 9.17. The molecule has 2 aromatic rings. The van der Waals surface area contributed by atoms with E-state index in [1.807, 2.05) is 10.7 Å². The Morgan fingerprint density at radius 2 is 2.15 bits per heavy atom. The van der Waals surface area contributed by atoms with E-state index < -0.39 is 0 Å². The molecule has 0 aliphatic heterocycles. The predicted molar refractivity (Wildman–Crippen MR) is 75.0 cm³/mol. The average molecular weight is 286 g/mol. The summed E-state index contributed by atoms with van der Waals surface area (Å²) in [6.45, 7) is 0. The Kier molecular flexibility index (Phi) is 3.56. The maximum absolute atomic E-state index is 9.17. The Morgan fingerprint density at radius 1 is 1.35 bits per heavy atom. The number of anilines is 1. The van der Waals surface area contributed by atoms with E-state index in [1.165, 1.54) is 24.6 Å². The summed E-state index contributed by atoms with van der Waals surface area (Å²) in [6, 6.07) is 7.84. The highest BCUT2D eigenvalue weighted by molar-refractivity contribution is 7.99. The van der Waals surface area contributed by atoms with Gasteiger partial charge in [0.2, 0.25) is 5.16 Å². The van der Waals surface area contributed by atoms with Gasteiger partial charge in [-0.3, -0.25) is 0 Å². The van der Waals surface area contributed by atoms with Crippen molar-refractivity contribution in [1.82, 2.24) is 20.2 Å². The smallest absolute Gasteiger partial charge is 0.214 e. The Bertz CT molecular complexity index is 653. The number of nitrogens with two attached hydrogens (primary N) is 1. The van der Waals surface area contributed by atoms with Crippen molar-refractivity contribution in [1.29, 1.82) is 5.26 Å². The molecule has 6 nitrogen and oxygen atoms in total. The van der Waals surface area contributed by atoms with Gasteiger partial charge in [-0.25, -0.2) is 4.68 Å². The number of aromatic nitrogens is 4. The van der Waals surface area contributed by atoms with Crippen LogP contribution >= 0.6 is 11.8 Å². The standard InChI is InChI=1S/C13H14N6S/c14-8-9-7-10(15)5-6-12(9)20-13-16-17-18-19(13)11-3-1-2-4-11/h5-7,11H,1-4,15H2. The Balaban J connectivity index is 1.89. The van der Waals surface area contributed by atoms with Crippen LogP contribution in [0.3, 0.4) is 0 Å². The van der Waals surface area contributed by atoms with Gasteiger partial charge in [0.25, 0.3) is 0 Å². The third-order valence-corrected chi connectivity index (χ3v) is 4.49. The van der Waals surface area contributed by atoms with Gasteiger partial charge in [-0.1, -0.05) is 12.8 Å². The van der Waals surface area contributed by atoms with Crippen LogP contribution in [0.2, 0.25) is 0 Å². The second-order valence-corrected chi connectivity index (χ2v) is 5.82. The Labute approximate surface area is 121 Å². The summed E-state index contributed by atoms with van der Waals surface area (Å²) < 4.78 is 1.88. The predicted octanol–water partition coefficient (Wildman–Crippen LogP) is 2.39. The molecule has 1 aliphatic carbocycles. The number of nitrogen functional groups attached to an aromatic ring is 1. The summed E-state index contributed by atoms with van der Waals surface area (Å²) in [6.07, 6.45) is 4.68. The molecule has 7 heteroatoms. The molecule has 1 saturated carbocycles. The lowest BCUT2D eigenvalue weighted by molar-refractivity contribution is 0.423. The van der Waals surface area contributed by atoms with Gasteiger partial charge in [0, 0.05) is 10.6 Å². The summed E-state index contributed by atoms with van der Waals surface area (Å²) in [5.41, 5.74) is 6.84. The van der Waals surface area contributed by atoms with E-state index in [0.29, 0.717) is 17.3 Å². The van der Waals surface area contributed by atoms with Gasteiger partial charge < -0.3 is 5.73 Å². The van der Waals surface area contributed by atoms with E-state index in [0.717, 1.165) is 22.9 Å². The SMILES string of the molecule is N#Cc1cc(N)ccc1Sc1nnnn1C1CCCC1. The van der Waals surface area contributed by atoms with Gasteiger partial charge in [0.15, 0.2) is 0 Å². The molecular weight excluding hydrogens is 272 g/mol. The maximum Gasteiger partial charge on any atom is 0.214 e.